The SMILES string of the molecule is Cc1ccccc1.[2H-]. The van der Waals surface area contributed by atoms with Crippen molar-refractivity contribution < 1.29 is 1.43 Å². The molecule has 0 spiro atoms. The van der Waals surface area contributed by atoms with Crippen LogP contribution in [0.5, 0.6) is 0 Å². The monoisotopic (exact) mass is 94.1 g/mol. The molecule has 0 aliphatic carbocycles. The highest BCUT2D eigenvalue weighted by atomic mass is 13.8. The maximum absolute atomic E-state index is 2.08. The molecule has 0 fully saturated rings. The van der Waals surface area contributed by atoms with Crippen LogP contribution >= 0.6 is 0 Å². The van der Waals surface area contributed by atoms with Crippen LogP contribution in [0.1, 0.15) is 6.99 Å². The van der Waals surface area contributed by atoms with E-state index in [0.29, 0.717) is 0 Å². The number of benzene rings is 1. The summed E-state index contributed by atoms with van der Waals surface area (Å²) >= 11 is 0. The molecule has 1 aromatic carbocycles. The van der Waals surface area contributed by atoms with Crippen molar-refractivity contribution in [3.63, 3.8) is 0 Å². The van der Waals surface area contributed by atoms with Gasteiger partial charge in [0, 0.05) is 0 Å². The summed E-state index contributed by atoms with van der Waals surface area (Å²) in [6.45, 7) is 2.08. The molecule has 7 heavy (non-hydrogen) atoms. The summed E-state index contributed by atoms with van der Waals surface area (Å²) in [6.07, 6.45) is 0. The molecule has 0 aliphatic heterocycles. The lowest BCUT2D eigenvalue weighted by atomic mass is 10.2. The van der Waals surface area contributed by atoms with Crippen molar-refractivity contribution in [1.29, 1.82) is 0 Å². The lowest BCUT2D eigenvalue weighted by Gasteiger charge is -1.82. The zero-order valence-electron chi connectivity index (χ0n) is 5.39. The van der Waals surface area contributed by atoms with E-state index in [0.717, 1.165) is 0 Å². The molecule has 0 atom stereocenters. The van der Waals surface area contributed by atoms with Gasteiger partial charge in [0.25, 0.3) is 0 Å². The zero-order chi connectivity index (χ0) is 5.11. The third kappa shape index (κ3) is 1.04. The number of hydrogen-bond acceptors (Lipinski definition) is 0. The Balaban J connectivity index is 0.000000490. The van der Waals surface area contributed by atoms with Crippen molar-refractivity contribution in [3.05, 3.63) is 35.9 Å². The predicted octanol–water partition coefficient (Wildman–Crippen LogP) is 2.11. The van der Waals surface area contributed by atoms with E-state index in [9.17, 15) is 0 Å². The van der Waals surface area contributed by atoms with Gasteiger partial charge in [-0.1, -0.05) is 35.9 Å². The molecule has 0 saturated heterocycles. The minimum Gasteiger partial charge on any atom is -1.00 e. The molecule has 0 nitrogen and oxygen atoms in total. The number of rotatable bonds is 0. The summed E-state index contributed by atoms with van der Waals surface area (Å²) in [6, 6.07) is 10.3. The topological polar surface area (TPSA) is 0 Å². The molecular formula is C7H9-. The molecule has 1 rings (SSSR count). The van der Waals surface area contributed by atoms with Crippen molar-refractivity contribution in [1.82, 2.24) is 0 Å². The van der Waals surface area contributed by atoms with Gasteiger partial charge in [0.05, 0.1) is 0 Å². The number of aryl methyl sites for hydroxylation is 1. The maximum atomic E-state index is 2.08. The molecule has 0 heterocycles. The van der Waals surface area contributed by atoms with E-state index >= 15 is 0 Å². The third-order valence-corrected chi connectivity index (χ3v) is 0.940. The zero-order valence-corrected chi connectivity index (χ0v) is 4.39. The van der Waals surface area contributed by atoms with Crippen LogP contribution in [0.15, 0.2) is 30.3 Å². The molecule has 38 valence electrons. The molecule has 0 radical (unpaired) electrons. The third-order valence-electron chi connectivity index (χ3n) is 0.940. The van der Waals surface area contributed by atoms with Crippen LogP contribution in [0.2, 0.25) is 0 Å². The lowest BCUT2D eigenvalue weighted by Crippen LogP contribution is -1.62. The van der Waals surface area contributed by atoms with Gasteiger partial charge in [-0.25, -0.2) is 0 Å². The van der Waals surface area contributed by atoms with Crippen LogP contribution in [0.25, 0.3) is 0 Å². The Hall–Kier alpha value is -0.780. The van der Waals surface area contributed by atoms with E-state index in [1.165, 1.54) is 5.56 Å². The van der Waals surface area contributed by atoms with Crippen LogP contribution in [-0.4, -0.2) is 0 Å². The molecule has 0 heteroatoms. The Morgan fingerprint density at radius 1 is 1.14 bits per heavy atom. The standard InChI is InChI=1S/C7H8.H/c1-7-5-3-2-4-6-7;/h2-6H,1H3;/q;-1/i;1+1. The van der Waals surface area contributed by atoms with E-state index in [4.69, 9.17) is 0 Å². The average Bonchev–Trinajstić information content (AvgIpc) is 1.69. The van der Waals surface area contributed by atoms with Crippen molar-refractivity contribution in [2.75, 3.05) is 0 Å². The molecule has 0 N–H and O–H groups in total. The van der Waals surface area contributed by atoms with E-state index in [1.807, 2.05) is 18.2 Å². The van der Waals surface area contributed by atoms with E-state index < -0.39 is 0 Å². The largest absolute Gasteiger partial charge is 1.00 e. The van der Waals surface area contributed by atoms with E-state index in [1.54, 1.807) is 0 Å². The van der Waals surface area contributed by atoms with Gasteiger partial charge in [-0.15, -0.1) is 0 Å². The molecule has 0 aromatic heterocycles. The average molecular weight is 94.2 g/mol. The molecule has 0 aliphatic rings. The van der Waals surface area contributed by atoms with Crippen LogP contribution in [0.4, 0.5) is 0 Å². The van der Waals surface area contributed by atoms with Gasteiger partial charge in [0.2, 0.25) is 0 Å². The Morgan fingerprint density at radius 3 is 2.00 bits per heavy atom. The first-order chi connectivity index (χ1) is 3.39. The van der Waals surface area contributed by atoms with E-state index in [2.05, 4.69) is 19.1 Å². The summed E-state index contributed by atoms with van der Waals surface area (Å²) in [7, 11) is 0. The van der Waals surface area contributed by atoms with Crippen LogP contribution < -0.4 is 0 Å². The first kappa shape index (κ1) is 4.38. The van der Waals surface area contributed by atoms with Gasteiger partial charge in [-0.2, -0.15) is 0 Å². The highest BCUT2D eigenvalue weighted by Crippen LogP contribution is 1.92. The molecule has 0 amide bonds. The van der Waals surface area contributed by atoms with Gasteiger partial charge >= 0.3 is 0 Å². The van der Waals surface area contributed by atoms with Gasteiger partial charge in [0.15, 0.2) is 0 Å². The second kappa shape index (κ2) is 1.78. The smallest absolute Gasteiger partial charge is 0.0398 e. The normalized spacial score (nSPS) is 8.71. The summed E-state index contributed by atoms with van der Waals surface area (Å²) in [5.41, 5.74) is 1.32. The van der Waals surface area contributed by atoms with Gasteiger partial charge < -0.3 is 1.43 Å². The van der Waals surface area contributed by atoms with Crippen molar-refractivity contribution >= 4 is 0 Å². The molecule has 0 saturated carbocycles. The Bertz CT molecular complexity index is 134. The maximum Gasteiger partial charge on any atom is -0.0398 e. The predicted molar refractivity (Wildman–Crippen MR) is 32.3 cm³/mol. The van der Waals surface area contributed by atoms with Gasteiger partial charge in [-0.3, -0.25) is 0 Å². The van der Waals surface area contributed by atoms with Gasteiger partial charge in [-0.05, 0) is 6.92 Å². The summed E-state index contributed by atoms with van der Waals surface area (Å²) in [4.78, 5) is 0. The summed E-state index contributed by atoms with van der Waals surface area (Å²) in [5.74, 6) is 0. The molecular weight excluding hydrogens is 84.1 g/mol. The summed E-state index contributed by atoms with van der Waals surface area (Å²) < 4.78 is 0. The van der Waals surface area contributed by atoms with Crippen LogP contribution in [0, 0.1) is 6.92 Å². The van der Waals surface area contributed by atoms with Crippen LogP contribution in [0.3, 0.4) is 0 Å². The minimum atomic E-state index is 0. The first-order valence-electron chi connectivity index (χ1n) is 2.41. The van der Waals surface area contributed by atoms with Crippen molar-refractivity contribution in [2.24, 2.45) is 0 Å². The second-order valence-electron chi connectivity index (χ2n) is 1.65. The quantitative estimate of drug-likeness (QED) is 0.462. The molecule has 0 unspecified atom stereocenters. The molecule has 1 aromatic rings. The highest BCUT2D eigenvalue weighted by molar-refractivity contribution is 5.11. The van der Waals surface area contributed by atoms with E-state index in [-0.39, 0.29) is 1.43 Å². The first-order valence-corrected chi connectivity index (χ1v) is 2.41. The van der Waals surface area contributed by atoms with Crippen LogP contribution in [-0.2, 0) is 0 Å². The van der Waals surface area contributed by atoms with Crippen molar-refractivity contribution in [3.8, 4) is 0 Å². The fourth-order valence-electron chi connectivity index (χ4n) is 0.534. The Kier molecular flexibility index (Phi) is 1.12. The fourth-order valence-corrected chi connectivity index (χ4v) is 0.534. The molecule has 0 bridgehead atoms. The summed E-state index contributed by atoms with van der Waals surface area (Å²) in [5, 5.41) is 0. The Morgan fingerprint density at radius 2 is 1.71 bits per heavy atom. The van der Waals surface area contributed by atoms with Crippen molar-refractivity contribution in [2.45, 2.75) is 6.92 Å². The number of hydrogen-bond donors (Lipinski definition) is 0. The minimum absolute atomic E-state index is 0. The highest BCUT2D eigenvalue weighted by Gasteiger charge is 1.72. The fraction of sp³-hybridized carbons (Fsp3) is 0.143. The van der Waals surface area contributed by atoms with Gasteiger partial charge in [0.1, 0.15) is 0 Å². The second-order valence-corrected chi connectivity index (χ2v) is 1.65. The Labute approximate surface area is 45.3 Å². The lowest BCUT2D eigenvalue weighted by molar-refractivity contribution is 1.48.